The molecule has 164 valence electrons. The number of anilines is 1. The van der Waals surface area contributed by atoms with E-state index >= 15 is 0 Å². The third-order valence-electron chi connectivity index (χ3n) is 5.87. The Balaban J connectivity index is 1.24. The maximum absolute atomic E-state index is 12.6. The first-order valence-electron chi connectivity index (χ1n) is 10.5. The van der Waals surface area contributed by atoms with E-state index in [1.54, 1.807) is 19.2 Å². The molecule has 30 heavy (non-hydrogen) atoms. The van der Waals surface area contributed by atoms with E-state index < -0.39 is 0 Å². The summed E-state index contributed by atoms with van der Waals surface area (Å²) in [4.78, 5) is 29.1. The van der Waals surface area contributed by atoms with Crippen LogP contribution in [0.1, 0.15) is 19.3 Å². The molecule has 4 rings (SSSR count). The van der Waals surface area contributed by atoms with Crippen molar-refractivity contribution in [3.05, 3.63) is 12.1 Å². The summed E-state index contributed by atoms with van der Waals surface area (Å²) in [6, 6.07) is 3.42. The van der Waals surface area contributed by atoms with E-state index in [0.29, 0.717) is 61.5 Å². The Kier molecular flexibility index (Phi) is 6.59. The average Bonchev–Trinajstić information content (AvgIpc) is 3.21. The van der Waals surface area contributed by atoms with E-state index in [4.69, 9.17) is 18.9 Å². The molecule has 3 heterocycles. The van der Waals surface area contributed by atoms with Crippen LogP contribution in [0.3, 0.4) is 0 Å². The highest BCUT2D eigenvalue weighted by molar-refractivity contribution is 5.94. The molecule has 0 atom stereocenters. The number of amides is 2. The molecule has 0 bridgehead atoms. The van der Waals surface area contributed by atoms with Crippen molar-refractivity contribution in [3.63, 3.8) is 0 Å². The molecule has 1 N–H and O–H groups in total. The van der Waals surface area contributed by atoms with Gasteiger partial charge in [0, 0.05) is 57.9 Å². The fourth-order valence-electron chi connectivity index (χ4n) is 4.06. The molecule has 0 aliphatic carbocycles. The van der Waals surface area contributed by atoms with E-state index in [0.717, 1.165) is 26.1 Å². The van der Waals surface area contributed by atoms with Gasteiger partial charge in [-0.15, -0.1) is 0 Å². The summed E-state index contributed by atoms with van der Waals surface area (Å²) >= 11 is 0. The van der Waals surface area contributed by atoms with Crippen LogP contribution in [0.4, 0.5) is 5.69 Å². The molecule has 2 saturated heterocycles. The van der Waals surface area contributed by atoms with Crippen LogP contribution in [0.5, 0.6) is 17.2 Å². The minimum absolute atomic E-state index is 0.130. The van der Waals surface area contributed by atoms with Crippen LogP contribution in [0.25, 0.3) is 0 Å². The molecule has 3 aliphatic heterocycles. The lowest BCUT2D eigenvalue weighted by molar-refractivity contribution is -0.134. The van der Waals surface area contributed by atoms with Crippen LogP contribution in [0.2, 0.25) is 0 Å². The predicted octanol–water partition coefficient (Wildman–Crippen LogP) is 1.32. The average molecular weight is 419 g/mol. The van der Waals surface area contributed by atoms with Crippen molar-refractivity contribution in [3.8, 4) is 17.2 Å². The van der Waals surface area contributed by atoms with E-state index in [9.17, 15) is 9.59 Å². The van der Waals surface area contributed by atoms with Crippen LogP contribution in [-0.4, -0.2) is 81.5 Å². The number of piperazine rings is 1. The Bertz CT molecular complexity index is 772. The van der Waals surface area contributed by atoms with Crippen LogP contribution in [0.15, 0.2) is 12.1 Å². The topological polar surface area (TPSA) is 89.6 Å². The number of fused-ring (bicyclic) bond motifs is 1. The van der Waals surface area contributed by atoms with Gasteiger partial charge in [-0.3, -0.25) is 14.5 Å². The van der Waals surface area contributed by atoms with Crippen molar-refractivity contribution < 1.29 is 28.5 Å². The second-order valence-corrected chi connectivity index (χ2v) is 7.87. The van der Waals surface area contributed by atoms with Gasteiger partial charge in [0.15, 0.2) is 11.5 Å². The molecule has 0 spiro atoms. The van der Waals surface area contributed by atoms with Gasteiger partial charge in [0.05, 0.1) is 19.3 Å². The van der Waals surface area contributed by atoms with Crippen LogP contribution >= 0.6 is 0 Å². The maximum atomic E-state index is 12.6. The van der Waals surface area contributed by atoms with E-state index in [-0.39, 0.29) is 25.2 Å². The lowest BCUT2D eigenvalue weighted by Gasteiger charge is -2.35. The van der Waals surface area contributed by atoms with Gasteiger partial charge in [-0.05, 0) is 18.8 Å². The van der Waals surface area contributed by atoms with Crippen molar-refractivity contribution in [2.24, 2.45) is 5.92 Å². The number of rotatable bonds is 6. The van der Waals surface area contributed by atoms with Gasteiger partial charge in [-0.1, -0.05) is 0 Å². The van der Waals surface area contributed by atoms with Gasteiger partial charge in [0.25, 0.3) is 0 Å². The SMILES string of the molecule is COc1cc2c(cc1NC(=O)CN1CCN(C(=O)CC3CCOCC3)CC1)OCO2. The molecule has 0 unspecified atom stereocenters. The largest absolute Gasteiger partial charge is 0.494 e. The lowest BCUT2D eigenvalue weighted by Crippen LogP contribution is -2.50. The van der Waals surface area contributed by atoms with Gasteiger partial charge < -0.3 is 29.2 Å². The monoisotopic (exact) mass is 419 g/mol. The van der Waals surface area contributed by atoms with Crippen LogP contribution < -0.4 is 19.5 Å². The summed E-state index contributed by atoms with van der Waals surface area (Å²) in [5.41, 5.74) is 0.553. The van der Waals surface area contributed by atoms with E-state index in [2.05, 4.69) is 10.2 Å². The summed E-state index contributed by atoms with van der Waals surface area (Å²) in [7, 11) is 1.55. The second kappa shape index (κ2) is 9.53. The fourth-order valence-corrected chi connectivity index (χ4v) is 4.06. The number of carbonyl (C=O) groups excluding carboxylic acids is 2. The zero-order valence-corrected chi connectivity index (χ0v) is 17.4. The standard InChI is InChI=1S/C21H29N3O6/c1-27-17-12-19-18(29-14-30-19)11-16(17)22-20(25)13-23-4-6-24(7-5-23)21(26)10-15-2-8-28-9-3-15/h11-12,15H,2-10,13-14H2,1H3,(H,22,25). The Morgan fingerprint density at radius 2 is 1.80 bits per heavy atom. The van der Waals surface area contributed by atoms with E-state index in [1.165, 1.54) is 0 Å². The molecule has 9 heteroatoms. The zero-order valence-electron chi connectivity index (χ0n) is 17.4. The molecule has 3 aliphatic rings. The number of carbonyl (C=O) groups is 2. The first-order valence-corrected chi connectivity index (χ1v) is 10.5. The minimum atomic E-state index is -0.130. The van der Waals surface area contributed by atoms with Crippen LogP contribution in [0, 0.1) is 5.92 Å². The van der Waals surface area contributed by atoms with Crippen molar-refractivity contribution in [1.29, 1.82) is 0 Å². The number of nitrogens with one attached hydrogen (secondary N) is 1. The quantitative estimate of drug-likeness (QED) is 0.744. The Hall–Kier alpha value is -2.52. The minimum Gasteiger partial charge on any atom is -0.494 e. The molecule has 0 radical (unpaired) electrons. The van der Waals surface area contributed by atoms with Crippen molar-refractivity contribution in [1.82, 2.24) is 9.80 Å². The van der Waals surface area contributed by atoms with Gasteiger partial charge in [-0.25, -0.2) is 0 Å². The number of methoxy groups -OCH3 is 1. The molecule has 0 saturated carbocycles. The van der Waals surface area contributed by atoms with Crippen molar-refractivity contribution in [2.45, 2.75) is 19.3 Å². The molecule has 1 aromatic rings. The summed E-state index contributed by atoms with van der Waals surface area (Å²) < 4.78 is 21.4. The number of benzene rings is 1. The predicted molar refractivity (Wildman–Crippen MR) is 109 cm³/mol. The molecule has 0 aromatic heterocycles. The number of hydrogen-bond acceptors (Lipinski definition) is 7. The van der Waals surface area contributed by atoms with Crippen molar-refractivity contribution >= 4 is 17.5 Å². The van der Waals surface area contributed by atoms with Crippen LogP contribution in [-0.2, 0) is 14.3 Å². The van der Waals surface area contributed by atoms with E-state index in [1.807, 2.05) is 4.90 Å². The van der Waals surface area contributed by atoms with Gasteiger partial charge in [0.2, 0.25) is 18.6 Å². The zero-order chi connectivity index (χ0) is 20.9. The van der Waals surface area contributed by atoms with Gasteiger partial charge in [0.1, 0.15) is 5.75 Å². The molecule has 2 fully saturated rings. The number of nitrogens with zero attached hydrogens (tertiary/aromatic N) is 2. The summed E-state index contributed by atoms with van der Waals surface area (Å²) in [6.07, 6.45) is 2.54. The first-order chi connectivity index (χ1) is 14.6. The highest BCUT2D eigenvalue weighted by Gasteiger charge is 2.26. The fraction of sp³-hybridized carbons (Fsp3) is 0.619. The lowest BCUT2D eigenvalue weighted by atomic mass is 9.96. The summed E-state index contributed by atoms with van der Waals surface area (Å²) in [5.74, 6) is 2.24. The Morgan fingerprint density at radius 3 is 2.50 bits per heavy atom. The third-order valence-corrected chi connectivity index (χ3v) is 5.87. The second-order valence-electron chi connectivity index (χ2n) is 7.87. The number of ether oxygens (including phenoxy) is 4. The number of hydrogen-bond donors (Lipinski definition) is 1. The summed E-state index contributed by atoms with van der Waals surface area (Å²) in [5, 5.41) is 2.89. The maximum Gasteiger partial charge on any atom is 0.238 e. The normalized spacial score (nSPS) is 19.6. The highest BCUT2D eigenvalue weighted by atomic mass is 16.7. The summed E-state index contributed by atoms with van der Waals surface area (Å²) in [6.45, 7) is 4.62. The molecular formula is C21H29N3O6. The third kappa shape index (κ3) is 4.96. The molecule has 9 nitrogen and oxygen atoms in total. The Labute approximate surface area is 176 Å². The van der Waals surface area contributed by atoms with Gasteiger partial charge >= 0.3 is 0 Å². The smallest absolute Gasteiger partial charge is 0.238 e. The first kappa shape index (κ1) is 20.7. The highest BCUT2D eigenvalue weighted by Crippen LogP contribution is 2.40. The molecule has 1 aromatic carbocycles. The van der Waals surface area contributed by atoms with Gasteiger partial charge in [-0.2, -0.15) is 0 Å². The Morgan fingerprint density at radius 1 is 1.10 bits per heavy atom. The van der Waals surface area contributed by atoms with Crippen molar-refractivity contribution in [2.75, 3.05) is 65.2 Å². The molecular weight excluding hydrogens is 390 g/mol. The molecule has 2 amide bonds.